The number of nitro groups is 1. The molecular formula is C12H15ClN2O4S. The molecule has 0 aliphatic rings. The highest BCUT2D eigenvalue weighted by Gasteiger charge is 2.30. The molecule has 1 N–H and O–H groups in total. The smallest absolute Gasteiger partial charge is 0.271 e. The van der Waals surface area contributed by atoms with E-state index in [0.29, 0.717) is 12.3 Å². The van der Waals surface area contributed by atoms with Gasteiger partial charge in [-0.25, -0.2) is 0 Å². The average Bonchev–Trinajstić information content (AvgIpc) is 2.37. The minimum absolute atomic E-state index is 0.0780. The summed E-state index contributed by atoms with van der Waals surface area (Å²) in [7, 11) is 0. The largest absolute Gasteiger partial charge is 0.476 e. The average molecular weight is 319 g/mol. The Bertz CT molecular complexity index is 522. The predicted octanol–water partition coefficient (Wildman–Crippen LogP) is 2.45. The molecule has 110 valence electrons. The van der Waals surface area contributed by atoms with Gasteiger partial charge in [-0.1, -0.05) is 11.6 Å². The Labute approximate surface area is 127 Å². The van der Waals surface area contributed by atoms with Gasteiger partial charge in [-0.05, 0) is 19.9 Å². The highest BCUT2D eigenvalue weighted by atomic mass is 35.5. The summed E-state index contributed by atoms with van der Waals surface area (Å²) in [5, 5.41) is 13.3. The van der Waals surface area contributed by atoms with Gasteiger partial charge < -0.3 is 10.1 Å². The van der Waals surface area contributed by atoms with Crippen molar-refractivity contribution in [2.75, 3.05) is 12.3 Å². The molecule has 1 aromatic rings. The maximum absolute atomic E-state index is 11.9. The number of carbonyl (C=O) groups excluding carboxylic acids is 1. The van der Waals surface area contributed by atoms with Crippen molar-refractivity contribution in [1.82, 2.24) is 5.32 Å². The molecule has 0 fully saturated rings. The van der Waals surface area contributed by atoms with E-state index in [9.17, 15) is 14.9 Å². The van der Waals surface area contributed by atoms with Crippen LogP contribution in [0.4, 0.5) is 5.69 Å². The Hall–Kier alpha value is -1.47. The van der Waals surface area contributed by atoms with Gasteiger partial charge >= 0.3 is 0 Å². The van der Waals surface area contributed by atoms with Crippen molar-refractivity contribution in [1.29, 1.82) is 0 Å². The number of rotatable bonds is 6. The summed E-state index contributed by atoms with van der Waals surface area (Å²) < 4.78 is 5.53. The molecule has 0 heterocycles. The lowest BCUT2D eigenvalue weighted by molar-refractivity contribution is -0.384. The molecule has 1 rings (SSSR count). The molecule has 1 aromatic carbocycles. The standard InChI is InChI=1S/C12H15ClN2O4S/c1-12(2,11(16)14-5-6-20)19-10-4-3-8(15(17)18)7-9(10)13/h3-4,7,20H,5-6H2,1-2H3,(H,14,16). The number of nitrogens with one attached hydrogen (secondary N) is 1. The summed E-state index contributed by atoms with van der Waals surface area (Å²) in [4.78, 5) is 21.9. The summed E-state index contributed by atoms with van der Waals surface area (Å²) >= 11 is 9.91. The molecule has 8 heteroatoms. The Kier molecular flexibility index (Phi) is 5.64. The Morgan fingerprint density at radius 2 is 2.20 bits per heavy atom. The highest BCUT2D eigenvalue weighted by molar-refractivity contribution is 7.80. The van der Waals surface area contributed by atoms with Gasteiger partial charge in [-0.3, -0.25) is 14.9 Å². The van der Waals surface area contributed by atoms with Crippen LogP contribution in [0.25, 0.3) is 0 Å². The van der Waals surface area contributed by atoms with Crippen molar-refractivity contribution in [2.45, 2.75) is 19.4 Å². The fourth-order valence-corrected chi connectivity index (χ4v) is 1.71. The predicted molar refractivity (Wildman–Crippen MR) is 79.7 cm³/mol. The summed E-state index contributed by atoms with van der Waals surface area (Å²) in [6.45, 7) is 3.58. The van der Waals surface area contributed by atoms with Gasteiger partial charge in [0.05, 0.1) is 9.95 Å². The van der Waals surface area contributed by atoms with E-state index in [0.717, 1.165) is 0 Å². The van der Waals surface area contributed by atoms with Crippen molar-refractivity contribution in [3.63, 3.8) is 0 Å². The molecule has 0 spiro atoms. The van der Waals surface area contributed by atoms with Crippen LogP contribution in [0.2, 0.25) is 5.02 Å². The van der Waals surface area contributed by atoms with Crippen molar-refractivity contribution in [3.05, 3.63) is 33.3 Å². The Morgan fingerprint density at radius 3 is 2.70 bits per heavy atom. The second-order valence-corrected chi connectivity index (χ2v) is 5.32. The molecule has 0 atom stereocenters. The molecule has 0 bridgehead atoms. The zero-order valence-corrected chi connectivity index (χ0v) is 12.7. The van der Waals surface area contributed by atoms with Gasteiger partial charge in [0.15, 0.2) is 5.60 Å². The fourth-order valence-electron chi connectivity index (χ4n) is 1.39. The van der Waals surface area contributed by atoms with Crippen LogP contribution in [-0.2, 0) is 4.79 Å². The summed E-state index contributed by atoms with van der Waals surface area (Å²) in [6.07, 6.45) is 0. The first-order chi connectivity index (χ1) is 9.27. The maximum Gasteiger partial charge on any atom is 0.271 e. The third-order valence-corrected chi connectivity index (χ3v) is 2.95. The van der Waals surface area contributed by atoms with Gasteiger partial charge in [0.2, 0.25) is 0 Å². The molecule has 0 aliphatic heterocycles. The SMILES string of the molecule is CC(C)(Oc1ccc([N+](=O)[O-])cc1Cl)C(=O)NCCS. The second kappa shape index (κ2) is 6.81. The van der Waals surface area contributed by atoms with Crippen molar-refractivity contribution < 1.29 is 14.5 Å². The first-order valence-electron chi connectivity index (χ1n) is 5.80. The van der Waals surface area contributed by atoms with Crippen molar-refractivity contribution in [2.24, 2.45) is 0 Å². The van der Waals surface area contributed by atoms with Crippen molar-refractivity contribution in [3.8, 4) is 5.75 Å². The maximum atomic E-state index is 11.9. The molecule has 6 nitrogen and oxygen atoms in total. The molecule has 0 saturated carbocycles. The fraction of sp³-hybridized carbons (Fsp3) is 0.417. The van der Waals surface area contributed by atoms with E-state index < -0.39 is 10.5 Å². The number of halogens is 1. The highest BCUT2D eigenvalue weighted by Crippen LogP contribution is 2.31. The van der Waals surface area contributed by atoms with Crippen LogP contribution in [0.1, 0.15) is 13.8 Å². The summed E-state index contributed by atoms with van der Waals surface area (Å²) in [5.41, 5.74) is -1.29. The topological polar surface area (TPSA) is 81.5 Å². The number of non-ortho nitro benzene ring substituents is 1. The van der Waals surface area contributed by atoms with Crippen LogP contribution in [0.5, 0.6) is 5.75 Å². The molecule has 0 saturated heterocycles. The van der Waals surface area contributed by atoms with E-state index in [4.69, 9.17) is 16.3 Å². The summed E-state index contributed by atoms with van der Waals surface area (Å²) in [5.74, 6) is 0.407. The molecule has 20 heavy (non-hydrogen) atoms. The molecule has 0 unspecified atom stereocenters. The van der Waals surface area contributed by atoms with Gasteiger partial charge in [0.1, 0.15) is 5.75 Å². The number of nitro benzene ring substituents is 1. The van der Waals surface area contributed by atoms with E-state index >= 15 is 0 Å². The normalized spacial score (nSPS) is 11.0. The molecule has 0 aromatic heterocycles. The van der Waals surface area contributed by atoms with Crippen LogP contribution in [0, 0.1) is 10.1 Å². The quantitative estimate of drug-likeness (QED) is 0.479. The number of hydrogen-bond acceptors (Lipinski definition) is 5. The lowest BCUT2D eigenvalue weighted by Gasteiger charge is -2.25. The lowest BCUT2D eigenvalue weighted by Crippen LogP contribution is -2.47. The van der Waals surface area contributed by atoms with E-state index in [2.05, 4.69) is 17.9 Å². The zero-order valence-electron chi connectivity index (χ0n) is 11.1. The minimum Gasteiger partial charge on any atom is -0.476 e. The molecular weight excluding hydrogens is 304 g/mol. The lowest BCUT2D eigenvalue weighted by atomic mass is 10.1. The number of benzene rings is 1. The Morgan fingerprint density at radius 1 is 1.55 bits per heavy atom. The number of hydrogen-bond donors (Lipinski definition) is 2. The summed E-state index contributed by atoms with van der Waals surface area (Å²) in [6, 6.07) is 3.82. The zero-order chi connectivity index (χ0) is 15.3. The van der Waals surface area contributed by atoms with Crippen LogP contribution < -0.4 is 10.1 Å². The minimum atomic E-state index is -1.15. The van der Waals surface area contributed by atoms with Crippen LogP contribution in [0.3, 0.4) is 0 Å². The van der Waals surface area contributed by atoms with Crippen LogP contribution in [-0.4, -0.2) is 28.7 Å². The number of thiol groups is 1. The van der Waals surface area contributed by atoms with E-state index in [1.165, 1.54) is 18.2 Å². The number of amides is 1. The third kappa shape index (κ3) is 4.28. The van der Waals surface area contributed by atoms with E-state index in [-0.39, 0.29) is 22.4 Å². The monoisotopic (exact) mass is 318 g/mol. The molecule has 0 radical (unpaired) electrons. The first-order valence-corrected chi connectivity index (χ1v) is 6.81. The number of carbonyl (C=O) groups is 1. The molecule has 1 amide bonds. The molecule has 0 aliphatic carbocycles. The van der Waals surface area contributed by atoms with Gasteiger partial charge in [0, 0.05) is 24.4 Å². The Balaban J connectivity index is 2.86. The van der Waals surface area contributed by atoms with Gasteiger partial charge in [0.25, 0.3) is 11.6 Å². The van der Waals surface area contributed by atoms with E-state index in [1.54, 1.807) is 13.8 Å². The van der Waals surface area contributed by atoms with Crippen molar-refractivity contribution >= 4 is 35.8 Å². The van der Waals surface area contributed by atoms with Crippen LogP contribution in [0.15, 0.2) is 18.2 Å². The van der Waals surface area contributed by atoms with Gasteiger partial charge in [-0.2, -0.15) is 12.6 Å². The first kappa shape index (κ1) is 16.6. The number of ether oxygens (including phenoxy) is 1. The van der Waals surface area contributed by atoms with Gasteiger partial charge in [-0.15, -0.1) is 0 Å². The van der Waals surface area contributed by atoms with Crippen LogP contribution >= 0.6 is 24.2 Å². The number of nitrogens with zero attached hydrogens (tertiary/aromatic N) is 1. The third-order valence-electron chi connectivity index (χ3n) is 2.44. The second-order valence-electron chi connectivity index (χ2n) is 4.46. The van der Waals surface area contributed by atoms with E-state index in [1.807, 2.05) is 0 Å².